The largest absolute Gasteiger partial charge is 0.436 e. The number of hydrogen-bond donors (Lipinski definition) is 0. The van der Waals surface area contributed by atoms with E-state index in [1.165, 1.54) is 49.5 Å². The number of amides is 1. The third kappa shape index (κ3) is 4.00. The summed E-state index contributed by atoms with van der Waals surface area (Å²) in [5.74, 6) is -4.34. The average molecular weight is 324 g/mol. The predicted octanol–water partition coefficient (Wildman–Crippen LogP) is 3.83. The lowest BCUT2D eigenvalue weighted by Crippen LogP contribution is -2.22. The zero-order valence-electron chi connectivity index (χ0n) is 12.8. The van der Waals surface area contributed by atoms with Crippen LogP contribution in [0.1, 0.15) is 22.8 Å². The number of hydrogen-bond acceptors (Lipinski definition) is 3. The Balaban J connectivity index is 2.19. The lowest BCUT2D eigenvalue weighted by molar-refractivity contribution is 0.0174. The van der Waals surface area contributed by atoms with Crippen LogP contribution in [0.15, 0.2) is 36.5 Å². The third-order valence-electron chi connectivity index (χ3n) is 3.04. The number of halogens is 3. The van der Waals surface area contributed by atoms with E-state index >= 15 is 0 Å². The number of aromatic nitrogens is 1. The molecule has 0 aliphatic heterocycles. The molecule has 0 saturated carbocycles. The van der Waals surface area contributed by atoms with Crippen molar-refractivity contribution in [3.05, 3.63) is 53.5 Å². The van der Waals surface area contributed by atoms with Crippen molar-refractivity contribution in [3.63, 3.8) is 0 Å². The van der Waals surface area contributed by atoms with E-state index in [1.54, 1.807) is 0 Å². The molecule has 0 atom stereocenters. The molecule has 1 aromatic carbocycles. The van der Waals surface area contributed by atoms with Gasteiger partial charge in [0.1, 0.15) is 5.75 Å². The number of ether oxygens (including phenoxy) is 1. The summed E-state index contributed by atoms with van der Waals surface area (Å²) >= 11 is 0. The molecule has 0 radical (unpaired) electrons. The smallest absolute Gasteiger partial charge is 0.270 e. The molecule has 23 heavy (non-hydrogen) atoms. The second-order valence-electron chi connectivity index (χ2n) is 5.23. The maximum absolute atomic E-state index is 13.9. The monoisotopic (exact) mass is 324 g/mol. The topological polar surface area (TPSA) is 42.4 Å². The van der Waals surface area contributed by atoms with Crippen molar-refractivity contribution in [2.24, 2.45) is 0 Å². The first kappa shape index (κ1) is 16.8. The third-order valence-corrected chi connectivity index (χ3v) is 3.04. The van der Waals surface area contributed by atoms with Gasteiger partial charge >= 0.3 is 0 Å². The molecular formula is C16H15F3N2O2. The molecule has 1 heterocycles. The number of nitrogens with zero attached hydrogens (tertiary/aromatic N) is 2. The highest BCUT2D eigenvalue weighted by molar-refractivity contribution is 5.93. The van der Waals surface area contributed by atoms with Crippen molar-refractivity contribution >= 4 is 5.91 Å². The highest BCUT2D eigenvalue weighted by Crippen LogP contribution is 2.30. The molecule has 0 spiro atoms. The Morgan fingerprint density at radius 1 is 1.22 bits per heavy atom. The van der Waals surface area contributed by atoms with Crippen LogP contribution >= 0.6 is 0 Å². The lowest BCUT2D eigenvalue weighted by atomic mass is 10.1. The lowest BCUT2D eigenvalue weighted by Gasteiger charge is -2.12. The first-order chi connectivity index (χ1) is 10.7. The highest BCUT2D eigenvalue weighted by Gasteiger charge is 2.24. The zero-order valence-corrected chi connectivity index (χ0v) is 12.8. The van der Waals surface area contributed by atoms with E-state index in [0.29, 0.717) is 0 Å². The van der Waals surface area contributed by atoms with Gasteiger partial charge in [-0.2, -0.15) is 0 Å². The number of alkyl halides is 2. The van der Waals surface area contributed by atoms with Crippen LogP contribution in [-0.4, -0.2) is 29.9 Å². The fraction of sp³-hybridized carbons (Fsp3) is 0.250. The van der Waals surface area contributed by atoms with Crippen LogP contribution in [0.4, 0.5) is 13.2 Å². The highest BCUT2D eigenvalue weighted by atomic mass is 19.3. The number of carbonyl (C=O) groups excluding carboxylic acids is 1. The Hall–Kier alpha value is -2.57. The van der Waals surface area contributed by atoms with Gasteiger partial charge in [0.25, 0.3) is 17.7 Å². The van der Waals surface area contributed by atoms with Crippen LogP contribution in [0.25, 0.3) is 0 Å². The van der Waals surface area contributed by atoms with Crippen LogP contribution in [0.5, 0.6) is 11.6 Å². The van der Waals surface area contributed by atoms with Gasteiger partial charge in [-0.1, -0.05) is 0 Å². The van der Waals surface area contributed by atoms with Crippen molar-refractivity contribution < 1.29 is 22.7 Å². The minimum Gasteiger partial charge on any atom is -0.436 e. The van der Waals surface area contributed by atoms with Crippen molar-refractivity contribution in [2.45, 2.75) is 12.8 Å². The van der Waals surface area contributed by atoms with E-state index in [4.69, 9.17) is 4.74 Å². The summed E-state index contributed by atoms with van der Waals surface area (Å²) in [5, 5.41) is 0. The van der Waals surface area contributed by atoms with E-state index in [1.807, 2.05) is 0 Å². The first-order valence-electron chi connectivity index (χ1n) is 6.72. The second-order valence-corrected chi connectivity index (χ2v) is 5.23. The maximum Gasteiger partial charge on any atom is 0.270 e. The summed E-state index contributed by atoms with van der Waals surface area (Å²) in [6.07, 6.45) is 1.19. The molecule has 2 rings (SSSR count). The van der Waals surface area contributed by atoms with Crippen molar-refractivity contribution in [2.75, 3.05) is 14.1 Å². The molecule has 2 aromatic rings. The van der Waals surface area contributed by atoms with Gasteiger partial charge in [-0.3, -0.25) is 4.79 Å². The standard InChI is InChI=1S/C16H15F3N2O2/c1-16(18,19)11-4-6-12(7-5-11)23-14-13(17)8-10(9-20-14)15(22)21(2)3/h4-9H,1-3H3. The summed E-state index contributed by atoms with van der Waals surface area (Å²) in [6, 6.07) is 5.99. The van der Waals surface area contributed by atoms with Gasteiger partial charge < -0.3 is 9.64 Å². The zero-order chi connectivity index (χ0) is 17.2. The fourth-order valence-electron chi connectivity index (χ4n) is 1.80. The molecule has 0 saturated heterocycles. The van der Waals surface area contributed by atoms with E-state index < -0.39 is 17.6 Å². The van der Waals surface area contributed by atoms with E-state index in [2.05, 4.69) is 4.98 Å². The predicted molar refractivity (Wildman–Crippen MR) is 78.3 cm³/mol. The molecule has 0 N–H and O–H groups in total. The van der Waals surface area contributed by atoms with E-state index in [9.17, 15) is 18.0 Å². The van der Waals surface area contributed by atoms with Gasteiger partial charge in [-0.25, -0.2) is 18.2 Å². The number of benzene rings is 1. The first-order valence-corrected chi connectivity index (χ1v) is 6.72. The second kappa shape index (κ2) is 6.28. The number of pyridine rings is 1. The van der Waals surface area contributed by atoms with Crippen LogP contribution in [0.2, 0.25) is 0 Å². The molecule has 7 heteroatoms. The Kier molecular flexibility index (Phi) is 4.58. The minimum atomic E-state index is -2.96. The molecule has 0 unspecified atom stereocenters. The van der Waals surface area contributed by atoms with Crippen LogP contribution in [-0.2, 0) is 5.92 Å². The van der Waals surface area contributed by atoms with Crippen molar-refractivity contribution in [3.8, 4) is 11.6 Å². The van der Waals surface area contributed by atoms with Gasteiger partial charge in [0, 0.05) is 32.8 Å². The summed E-state index contributed by atoms with van der Waals surface area (Å²) in [4.78, 5) is 16.8. The Bertz CT molecular complexity index is 710. The van der Waals surface area contributed by atoms with Gasteiger partial charge in [-0.15, -0.1) is 0 Å². The van der Waals surface area contributed by atoms with Gasteiger partial charge in [0.05, 0.1) is 5.56 Å². The van der Waals surface area contributed by atoms with Gasteiger partial charge in [0.15, 0.2) is 5.82 Å². The summed E-state index contributed by atoms with van der Waals surface area (Å²) < 4.78 is 45.4. The SMILES string of the molecule is CN(C)C(=O)c1cnc(Oc2ccc(C(C)(F)F)cc2)c(F)c1. The molecule has 1 aromatic heterocycles. The molecule has 0 fully saturated rings. The number of rotatable bonds is 4. The molecule has 1 amide bonds. The maximum atomic E-state index is 13.9. The Morgan fingerprint density at radius 2 is 1.83 bits per heavy atom. The van der Waals surface area contributed by atoms with Gasteiger partial charge in [0.2, 0.25) is 0 Å². The number of carbonyl (C=O) groups is 1. The molecule has 0 aliphatic rings. The summed E-state index contributed by atoms with van der Waals surface area (Å²) in [6.45, 7) is 0.782. The van der Waals surface area contributed by atoms with Crippen molar-refractivity contribution in [1.29, 1.82) is 0 Å². The summed E-state index contributed by atoms with van der Waals surface area (Å²) in [7, 11) is 3.07. The van der Waals surface area contributed by atoms with E-state index in [-0.39, 0.29) is 22.8 Å². The van der Waals surface area contributed by atoms with Crippen molar-refractivity contribution in [1.82, 2.24) is 9.88 Å². The van der Waals surface area contributed by atoms with Crippen LogP contribution < -0.4 is 4.74 Å². The summed E-state index contributed by atoms with van der Waals surface area (Å²) in [5.41, 5.74) is -0.0916. The molecule has 0 bridgehead atoms. The van der Waals surface area contributed by atoms with Crippen LogP contribution in [0, 0.1) is 5.82 Å². The molecule has 4 nitrogen and oxygen atoms in total. The molecule has 122 valence electrons. The molecular weight excluding hydrogens is 309 g/mol. The Labute approximate surface area is 131 Å². The fourth-order valence-corrected chi connectivity index (χ4v) is 1.80. The normalized spacial score (nSPS) is 11.2. The average Bonchev–Trinajstić information content (AvgIpc) is 2.48. The van der Waals surface area contributed by atoms with E-state index in [0.717, 1.165) is 13.0 Å². The minimum absolute atomic E-state index is 0.0841. The molecule has 0 aliphatic carbocycles. The van der Waals surface area contributed by atoms with Gasteiger partial charge in [-0.05, 0) is 30.3 Å². The van der Waals surface area contributed by atoms with Crippen LogP contribution in [0.3, 0.4) is 0 Å². The Morgan fingerprint density at radius 3 is 2.30 bits per heavy atom. The quantitative estimate of drug-likeness (QED) is 0.858.